The summed E-state index contributed by atoms with van der Waals surface area (Å²) in [5.41, 5.74) is 0.123. The van der Waals surface area contributed by atoms with Crippen LogP contribution in [0.3, 0.4) is 0 Å². The first kappa shape index (κ1) is 15.7. The number of hydrogen-bond donors (Lipinski definition) is 1. The first-order chi connectivity index (χ1) is 11.5. The Bertz CT molecular complexity index is 893. The lowest BCUT2D eigenvalue weighted by molar-refractivity contribution is -0.117. The quantitative estimate of drug-likeness (QED) is 0.772. The molecule has 8 nitrogen and oxygen atoms in total. The molecule has 3 aromatic rings. The van der Waals surface area contributed by atoms with Crippen LogP contribution in [0.4, 0.5) is 5.82 Å². The monoisotopic (exact) mass is 327 g/mol. The second-order valence-electron chi connectivity index (χ2n) is 5.49. The maximum Gasteiger partial charge on any atom is 0.267 e. The molecular formula is C16H17N5O3. The number of aromatic nitrogens is 4. The zero-order valence-corrected chi connectivity index (χ0v) is 13.3. The van der Waals surface area contributed by atoms with Crippen molar-refractivity contribution in [2.24, 2.45) is 0 Å². The molecule has 0 atom stereocenters. The van der Waals surface area contributed by atoms with Gasteiger partial charge >= 0.3 is 0 Å². The van der Waals surface area contributed by atoms with Gasteiger partial charge in [0.15, 0.2) is 5.76 Å². The molecule has 0 bridgehead atoms. The van der Waals surface area contributed by atoms with Gasteiger partial charge in [0.05, 0.1) is 12.5 Å². The van der Waals surface area contributed by atoms with Crippen LogP contribution in [-0.4, -0.2) is 25.5 Å². The SMILES string of the molecule is CC(C)n1nccc1NC(=O)Cn1nc(-c2ccco2)ccc1=O. The van der Waals surface area contributed by atoms with E-state index >= 15 is 0 Å². The van der Waals surface area contributed by atoms with Crippen molar-refractivity contribution in [2.45, 2.75) is 26.4 Å². The molecule has 0 aliphatic heterocycles. The number of anilines is 1. The maximum absolute atomic E-state index is 12.2. The Hall–Kier alpha value is -3.16. The van der Waals surface area contributed by atoms with E-state index in [4.69, 9.17) is 4.42 Å². The van der Waals surface area contributed by atoms with Crippen LogP contribution in [0.25, 0.3) is 11.5 Å². The molecule has 0 saturated carbocycles. The zero-order chi connectivity index (χ0) is 17.1. The van der Waals surface area contributed by atoms with Crippen LogP contribution in [0.15, 0.2) is 52.0 Å². The molecule has 1 amide bonds. The second-order valence-corrected chi connectivity index (χ2v) is 5.49. The van der Waals surface area contributed by atoms with Gasteiger partial charge in [0.1, 0.15) is 18.1 Å². The molecule has 3 aromatic heterocycles. The largest absolute Gasteiger partial charge is 0.463 e. The minimum Gasteiger partial charge on any atom is -0.463 e. The topological polar surface area (TPSA) is 95.0 Å². The summed E-state index contributed by atoms with van der Waals surface area (Å²) in [6.07, 6.45) is 3.13. The number of carbonyl (C=O) groups excluding carboxylic acids is 1. The Balaban J connectivity index is 1.78. The molecule has 0 unspecified atom stereocenters. The summed E-state index contributed by atoms with van der Waals surface area (Å²) in [5.74, 6) is 0.746. The van der Waals surface area contributed by atoms with Gasteiger partial charge < -0.3 is 9.73 Å². The lowest BCUT2D eigenvalue weighted by Crippen LogP contribution is -2.30. The molecule has 3 heterocycles. The van der Waals surface area contributed by atoms with E-state index in [9.17, 15) is 9.59 Å². The molecule has 0 aliphatic rings. The first-order valence-corrected chi connectivity index (χ1v) is 7.50. The van der Waals surface area contributed by atoms with Crippen molar-refractivity contribution in [1.82, 2.24) is 19.6 Å². The van der Waals surface area contributed by atoms with Crippen molar-refractivity contribution in [2.75, 3.05) is 5.32 Å². The van der Waals surface area contributed by atoms with Crippen LogP contribution < -0.4 is 10.9 Å². The van der Waals surface area contributed by atoms with Crippen molar-refractivity contribution in [3.05, 3.63) is 53.1 Å². The van der Waals surface area contributed by atoms with E-state index < -0.39 is 0 Å². The van der Waals surface area contributed by atoms with Crippen molar-refractivity contribution in [3.8, 4) is 11.5 Å². The van der Waals surface area contributed by atoms with Gasteiger partial charge in [-0.05, 0) is 32.0 Å². The normalized spacial score (nSPS) is 11.0. The molecule has 8 heteroatoms. The molecule has 0 aliphatic carbocycles. The minimum atomic E-state index is -0.363. The van der Waals surface area contributed by atoms with E-state index in [1.807, 2.05) is 13.8 Å². The fraction of sp³-hybridized carbons (Fsp3) is 0.250. The fourth-order valence-corrected chi connectivity index (χ4v) is 2.26. The highest BCUT2D eigenvalue weighted by Gasteiger charge is 2.12. The maximum atomic E-state index is 12.2. The third-order valence-corrected chi connectivity index (χ3v) is 3.36. The molecule has 1 N–H and O–H groups in total. The average Bonchev–Trinajstić information content (AvgIpc) is 3.20. The van der Waals surface area contributed by atoms with Crippen molar-refractivity contribution in [1.29, 1.82) is 0 Å². The van der Waals surface area contributed by atoms with Gasteiger partial charge in [-0.2, -0.15) is 10.2 Å². The van der Waals surface area contributed by atoms with Crippen LogP contribution in [0.2, 0.25) is 0 Å². The summed E-state index contributed by atoms with van der Waals surface area (Å²) in [6.45, 7) is 3.72. The number of nitrogens with one attached hydrogen (secondary N) is 1. The fourth-order valence-electron chi connectivity index (χ4n) is 2.26. The summed E-state index contributed by atoms with van der Waals surface area (Å²) in [4.78, 5) is 24.2. The molecule has 124 valence electrons. The van der Waals surface area contributed by atoms with Gasteiger partial charge in [0, 0.05) is 18.2 Å². The average molecular weight is 327 g/mol. The third kappa shape index (κ3) is 3.27. The van der Waals surface area contributed by atoms with Gasteiger partial charge in [-0.25, -0.2) is 9.36 Å². The van der Waals surface area contributed by atoms with E-state index in [-0.39, 0.29) is 24.1 Å². The molecule has 0 fully saturated rings. The van der Waals surface area contributed by atoms with Gasteiger partial charge in [-0.15, -0.1) is 0 Å². The van der Waals surface area contributed by atoms with Crippen LogP contribution in [0.1, 0.15) is 19.9 Å². The van der Waals surface area contributed by atoms with E-state index in [1.165, 1.54) is 12.3 Å². The number of rotatable bonds is 5. The van der Waals surface area contributed by atoms with Crippen molar-refractivity contribution in [3.63, 3.8) is 0 Å². The van der Waals surface area contributed by atoms with E-state index in [2.05, 4.69) is 15.5 Å². The summed E-state index contributed by atoms with van der Waals surface area (Å²) in [7, 11) is 0. The predicted molar refractivity (Wildman–Crippen MR) is 87.4 cm³/mol. The molecule has 0 saturated heterocycles. The molecule has 24 heavy (non-hydrogen) atoms. The van der Waals surface area contributed by atoms with Crippen LogP contribution in [0, 0.1) is 0 Å². The third-order valence-electron chi connectivity index (χ3n) is 3.36. The van der Waals surface area contributed by atoms with Crippen LogP contribution >= 0.6 is 0 Å². The van der Waals surface area contributed by atoms with Gasteiger partial charge in [-0.3, -0.25) is 9.59 Å². The molecule has 3 rings (SSSR count). The summed E-state index contributed by atoms with van der Waals surface area (Å²) < 4.78 is 8.05. The standard InChI is InChI=1S/C16H17N5O3/c1-11(2)21-14(7-8-17-21)18-15(22)10-20-16(23)6-5-12(19-20)13-4-3-9-24-13/h3-9,11H,10H2,1-2H3,(H,18,22). The van der Waals surface area contributed by atoms with E-state index in [0.29, 0.717) is 17.3 Å². The Kier molecular flexibility index (Phi) is 4.28. The summed E-state index contributed by atoms with van der Waals surface area (Å²) in [6, 6.07) is 8.19. The van der Waals surface area contributed by atoms with Gasteiger partial charge in [-0.1, -0.05) is 0 Å². The summed E-state index contributed by atoms with van der Waals surface area (Å²) >= 11 is 0. The zero-order valence-electron chi connectivity index (χ0n) is 13.3. The highest BCUT2D eigenvalue weighted by atomic mass is 16.3. The number of hydrogen-bond acceptors (Lipinski definition) is 5. The number of carbonyl (C=O) groups is 1. The molecule has 0 spiro atoms. The minimum absolute atomic E-state index is 0.110. The number of furan rings is 1. The lowest BCUT2D eigenvalue weighted by Gasteiger charge is -2.12. The number of amides is 1. The lowest BCUT2D eigenvalue weighted by atomic mass is 10.3. The highest BCUT2D eigenvalue weighted by Crippen LogP contribution is 2.15. The number of nitrogens with zero attached hydrogens (tertiary/aromatic N) is 4. The Morgan fingerprint density at radius 2 is 2.12 bits per heavy atom. The highest BCUT2D eigenvalue weighted by molar-refractivity contribution is 5.89. The van der Waals surface area contributed by atoms with E-state index in [1.54, 1.807) is 35.1 Å². The molecular weight excluding hydrogens is 310 g/mol. The van der Waals surface area contributed by atoms with Crippen molar-refractivity contribution < 1.29 is 9.21 Å². The van der Waals surface area contributed by atoms with Crippen molar-refractivity contribution >= 4 is 11.7 Å². The predicted octanol–water partition coefficient (Wildman–Crippen LogP) is 1.92. The van der Waals surface area contributed by atoms with Crippen LogP contribution in [-0.2, 0) is 11.3 Å². The smallest absolute Gasteiger partial charge is 0.267 e. The first-order valence-electron chi connectivity index (χ1n) is 7.50. The molecule has 0 aromatic carbocycles. The van der Waals surface area contributed by atoms with Gasteiger partial charge in [0.25, 0.3) is 5.56 Å². The Morgan fingerprint density at radius 1 is 1.29 bits per heavy atom. The molecule has 0 radical (unpaired) electrons. The van der Waals surface area contributed by atoms with Crippen LogP contribution in [0.5, 0.6) is 0 Å². The van der Waals surface area contributed by atoms with E-state index in [0.717, 1.165) is 4.68 Å². The Labute approximate surface area is 137 Å². The summed E-state index contributed by atoms with van der Waals surface area (Å²) in [5, 5.41) is 11.1. The second kappa shape index (κ2) is 6.53. The Morgan fingerprint density at radius 3 is 2.83 bits per heavy atom. The van der Waals surface area contributed by atoms with Gasteiger partial charge in [0.2, 0.25) is 5.91 Å².